The van der Waals surface area contributed by atoms with Crippen LogP contribution in [0.25, 0.3) is 0 Å². The molecule has 0 saturated carbocycles. The number of thioether (sulfide) groups is 1. The number of amides is 1. The highest BCUT2D eigenvalue weighted by Crippen LogP contribution is 2.24. The first kappa shape index (κ1) is 30.8. The van der Waals surface area contributed by atoms with E-state index in [-0.39, 0.29) is 17.7 Å². The van der Waals surface area contributed by atoms with Crippen LogP contribution in [0.5, 0.6) is 5.75 Å². The van der Waals surface area contributed by atoms with Crippen molar-refractivity contribution in [3.05, 3.63) is 104 Å². The Morgan fingerprint density at radius 1 is 0.977 bits per heavy atom. The minimum atomic E-state index is -0.619. The fourth-order valence-electron chi connectivity index (χ4n) is 4.45. The zero-order chi connectivity index (χ0) is 30.7. The summed E-state index contributed by atoms with van der Waals surface area (Å²) in [6, 6.07) is 24.7. The molecule has 9 nitrogen and oxygen atoms in total. The molecule has 4 aromatic rings. The number of benzene rings is 3. The summed E-state index contributed by atoms with van der Waals surface area (Å²) in [6.45, 7) is 7.69. The second kappa shape index (κ2) is 15.2. The third-order valence-corrected chi connectivity index (χ3v) is 8.16. The van der Waals surface area contributed by atoms with Gasteiger partial charge in [-0.3, -0.25) is 4.79 Å². The highest BCUT2D eigenvalue weighted by atomic mass is 32.2. The molecule has 1 aliphatic rings. The SMILES string of the molecule is C=CC(=O)Nc1cccc(Nc2nc(Nc3ccc(OCCSC(=S)N4CCN(c5ccccc5)CC4)cc3)ncc2F)c1. The van der Waals surface area contributed by atoms with Crippen molar-refractivity contribution in [3.8, 4) is 5.75 Å². The van der Waals surface area contributed by atoms with Gasteiger partial charge in [-0.05, 0) is 60.7 Å². The zero-order valence-corrected chi connectivity index (χ0v) is 25.5. The normalized spacial score (nSPS) is 12.8. The standard InChI is InChI=1S/C32H32FN7O2S2/c1-2-29(41)35-24-7-6-8-25(21-24)36-30-28(33)22-34-31(38-30)37-23-11-13-27(14-12-23)42-19-20-44-32(43)40-17-15-39(16-18-40)26-9-4-3-5-10-26/h2-14,21-22H,1,15-20H2,(H,35,41)(H2,34,36,37,38). The average Bonchev–Trinajstić information content (AvgIpc) is 3.06. The number of hydrogen-bond donors (Lipinski definition) is 3. The van der Waals surface area contributed by atoms with E-state index >= 15 is 0 Å². The number of nitrogens with zero attached hydrogens (tertiary/aromatic N) is 4. The summed E-state index contributed by atoms with van der Waals surface area (Å²) in [5.74, 6) is 0.721. The predicted octanol–water partition coefficient (Wildman–Crippen LogP) is 6.45. The molecular formula is C32H32FN7O2S2. The maximum atomic E-state index is 14.5. The van der Waals surface area contributed by atoms with Crippen LogP contribution in [-0.2, 0) is 4.79 Å². The molecule has 1 saturated heterocycles. The second-order valence-corrected chi connectivity index (χ2v) is 11.4. The number of thiocarbonyl (C=S) groups is 1. The Kier molecular flexibility index (Phi) is 10.6. The molecule has 5 rings (SSSR count). The first-order valence-electron chi connectivity index (χ1n) is 14.0. The van der Waals surface area contributed by atoms with E-state index in [1.54, 1.807) is 36.0 Å². The molecule has 1 aliphatic heterocycles. The number of ether oxygens (including phenoxy) is 1. The maximum Gasteiger partial charge on any atom is 0.247 e. The Hall–Kier alpha value is -4.68. The first-order chi connectivity index (χ1) is 21.5. The van der Waals surface area contributed by atoms with Crippen LogP contribution >= 0.6 is 24.0 Å². The fraction of sp³-hybridized carbons (Fsp3) is 0.188. The number of rotatable bonds is 11. The van der Waals surface area contributed by atoms with Crippen LogP contribution in [-0.4, -0.2) is 63.6 Å². The number of halogens is 1. The van der Waals surface area contributed by atoms with Crippen LogP contribution in [0.4, 0.5) is 38.9 Å². The van der Waals surface area contributed by atoms with Gasteiger partial charge in [-0.25, -0.2) is 9.37 Å². The van der Waals surface area contributed by atoms with Crippen LogP contribution < -0.4 is 25.6 Å². The molecule has 1 fully saturated rings. The van der Waals surface area contributed by atoms with E-state index in [1.807, 2.05) is 30.3 Å². The van der Waals surface area contributed by atoms with Gasteiger partial charge in [0.15, 0.2) is 11.6 Å². The quantitative estimate of drug-likeness (QED) is 0.0977. The molecule has 12 heteroatoms. The lowest BCUT2D eigenvalue weighted by atomic mass is 10.2. The molecule has 0 spiro atoms. The summed E-state index contributed by atoms with van der Waals surface area (Å²) in [5.41, 5.74) is 3.05. The number of aromatic nitrogens is 2. The molecule has 1 amide bonds. The summed E-state index contributed by atoms with van der Waals surface area (Å²) in [5, 5.41) is 8.67. The molecule has 3 aromatic carbocycles. The highest BCUT2D eigenvalue weighted by molar-refractivity contribution is 8.22. The van der Waals surface area contributed by atoms with Crippen LogP contribution in [0.3, 0.4) is 0 Å². The summed E-state index contributed by atoms with van der Waals surface area (Å²) in [6.07, 6.45) is 2.26. The van der Waals surface area contributed by atoms with Crippen molar-refractivity contribution < 1.29 is 13.9 Å². The molecule has 1 aromatic heterocycles. The summed E-state index contributed by atoms with van der Waals surface area (Å²) in [7, 11) is 0. The van der Waals surface area contributed by atoms with Crippen LogP contribution in [0.1, 0.15) is 0 Å². The summed E-state index contributed by atoms with van der Waals surface area (Å²) < 4.78 is 21.3. The zero-order valence-electron chi connectivity index (χ0n) is 23.9. The fourth-order valence-corrected chi connectivity index (χ4v) is 5.59. The van der Waals surface area contributed by atoms with Gasteiger partial charge in [0.2, 0.25) is 11.9 Å². The van der Waals surface area contributed by atoms with Gasteiger partial charge in [0.25, 0.3) is 0 Å². The average molecular weight is 630 g/mol. The number of piperazine rings is 1. The van der Waals surface area contributed by atoms with Crippen molar-refractivity contribution in [2.75, 3.05) is 59.4 Å². The van der Waals surface area contributed by atoms with Crippen molar-refractivity contribution >= 4 is 68.7 Å². The van der Waals surface area contributed by atoms with E-state index in [4.69, 9.17) is 17.0 Å². The van der Waals surface area contributed by atoms with Crippen LogP contribution in [0, 0.1) is 5.82 Å². The summed E-state index contributed by atoms with van der Waals surface area (Å²) >= 11 is 7.30. The molecule has 2 heterocycles. The molecule has 0 aliphatic carbocycles. The Morgan fingerprint density at radius 2 is 1.73 bits per heavy atom. The van der Waals surface area contributed by atoms with E-state index in [1.165, 1.54) is 11.8 Å². The van der Waals surface area contributed by atoms with Gasteiger partial charge < -0.3 is 30.5 Å². The van der Waals surface area contributed by atoms with Crippen molar-refractivity contribution in [2.45, 2.75) is 0 Å². The number of nitrogens with one attached hydrogen (secondary N) is 3. The predicted molar refractivity (Wildman–Crippen MR) is 181 cm³/mol. The van der Waals surface area contributed by atoms with Gasteiger partial charge in [0.1, 0.15) is 10.1 Å². The number of carbonyl (C=O) groups excluding carboxylic acids is 1. The summed E-state index contributed by atoms with van der Waals surface area (Å²) in [4.78, 5) is 24.5. The van der Waals surface area contributed by atoms with Crippen molar-refractivity contribution in [2.24, 2.45) is 0 Å². The van der Waals surface area contributed by atoms with Gasteiger partial charge in [0, 0.05) is 54.7 Å². The van der Waals surface area contributed by atoms with Gasteiger partial charge in [0.05, 0.1) is 12.8 Å². The number of hydrogen-bond acceptors (Lipinski definition) is 9. The highest BCUT2D eigenvalue weighted by Gasteiger charge is 2.19. The maximum absolute atomic E-state index is 14.5. The Morgan fingerprint density at radius 3 is 2.48 bits per heavy atom. The van der Waals surface area contributed by atoms with E-state index in [9.17, 15) is 9.18 Å². The van der Waals surface area contributed by atoms with Crippen molar-refractivity contribution in [3.63, 3.8) is 0 Å². The number of carbonyl (C=O) groups is 1. The molecule has 0 radical (unpaired) electrons. The first-order valence-corrected chi connectivity index (χ1v) is 15.4. The second-order valence-electron chi connectivity index (χ2n) is 9.71. The van der Waals surface area contributed by atoms with E-state index in [2.05, 4.69) is 66.6 Å². The molecule has 226 valence electrons. The molecule has 0 unspecified atom stereocenters. The molecule has 0 atom stereocenters. The third kappa shape index (κ3) is 8.68. The monoisotopic (exact) mass is 629 g/mol. The Balaban J connectivity index is 1.06. The van der Waals surface area contributed by atoms with Crippen molar-refractivity contribution in [1.82, 2.24) is 14.9 Å². The van der Waals surface area contributed by atoms with Gasteiger partial charge in [-0.1, -0.05) is 54.8 Å². The lowest BCUT2D eigenvalue weighted by Gasteiger charge is -2.37. The Labute approximate surface area is 265 Å². The molecule has 44 heavy (non-hydrogen) atoms. The van der Waals surface area contributed by atoms with Gasteiger partial charge in [-0.15, -0.1) is 0 Å². The molecular weight excluding hydrogens is 598 g/mol. The van der Waals surface area contributed by atoms with Gasteiger partial charge in [-0.2, -0.15) is 4.98 Å². The van der Waals surface area contributed by atoms with Gasteiger partial charge >= 0.3 is 0 Å². The third-order valence-electron chi connectivity index (χ3n) is 6.67. The number of para-hydroxylation sites is 1. The minimum Gasteiger partial charge on any atom is -0.493 e. The largest absolute Gasteiger partial charge is 0.493 e. The van der Waals surface area contributed by atoms with Crippen LogP contribution in [0.2, 0.25) is 0 Å². The topological polar surface area (TPSA) is 94.6 Å². The Bertz CT molecular complexity index is 1580. The molecule has 3 N–H and O–H groups in total. The van der Waals surface area contributed by atoms with Crippen LogP contribution in [0.15, 0.2) is 97.7 Å². The minimum absolute atomic E-state index is 0.0110. The van der Waals surface area contributed by atoms with E-state index in [0.717, 1.165) is 48.2 Å². The van der Waals surface area contributed by atoms with E-state index in [0.29, 0.717) is 23.7 Å². The lowest BCUT2D eigenvalue weighted by Crippen LogP contribution is -2.47. The van der Waals surface area contributed by atoms with Crippen molar-refractivity contribution in [1.29, 1.82) is 0 Å². The lowest BCUT2D eigenvalue weighted by molar-refractivity contribution is -0.111. The molecule has 0 bridgehead atoms. The van der Waals surface area contributed by atoms with E-state index < -0.39 is 5.82 Å². The number of anilines is 6. The smallest absolute Gasteiger partial charge is 0.247 e.